The molecule has 0 unspecified atom stereocenters. The minimum atomic E-state index is -1.04. The van der Waals surface area contributed by atoms with Gasteiger partial charge in [-0.1, -0.05) is 11.3 Å². The van der Waals surface area contributed by atoms with Crippen molar-refractivity contribution in [3.05, 3.63) is 35.9 Å². The fourth-order valence-electron chi connectivity index (χ4n) is 2.81. The van der Waals surface area contributed by atoms with Crippen molar-refractivity contribution in [1.29, 1.82) is 0 Å². The summed E-state index contributed by atoms with van der Waals surface area (Å²) in [4.78, 5) is 20.0. The summed E-state index contributed by atoms with van der Waals surface area (Å²) < 4.78 is 1.22. The van der Waals surface area contributed by atoms with Crippen molar-refractivity contribution in [2.75, 3.05) is 5.32 Å². The molecule has 0 fully saturated rings. The van der Waals surface area contributed by atoms with Gasteiger partial charge in [-0.2, -0.15) is 0 Å². The molecule has 0 radical (unpaired) electrons. The van der Waals surface area contributed by atoms with E-state index < -0.39 is 6.09 Å². The smallest absolute Gasteiger partial charge is 0.418 e. The predicted molar refractivity (Wildman–Crippen MR) is 88.7 cm³/mol. The van der Waals surface area contributed by atoms with Crippen LogP contribution in [0.3, 0.4) is 0 Å². The van der Waals surface area contributed by atoms with Crippen molar-refractivity contribution >= 4 is 28.5 Å². The normalized spacial score (nSPS) is 13.5. The van der Waals surface area contributed by atoms with Crippen LogP contribution in [0.25, 0.3) is 10.6 Å². The molecule has 3 aromatic heterocycles. The van der Waals surface area contributed by atoms with Crippen molar-refractivity contribution in [3.63, 3.8) is 0 Å². The number of aryl methyl sites for hydroxylation is 1. The van der Waals surface area contributed by atoms with Gasteiger partial charge in [0, 0.05) is 18.0 Å². The van der Waals surface area contributed by atoms with E-state index in [0.717, 1.165) is 47.6 Å². The molecule has 8 nitrogen and oxygen atoms in total. The van der Waals surface area contributed by atoms with Crippen molar-refractivity contribution in [1.82, 2.24) is 24.7 Å². The van der Waals surface area contributed by atoms with Crippen LogP contribution in [-0.2, 0) is 12.8 Å². The zero-order valence-corrected chi connectivity index (χ0v) is 13.5. The zero-order valence-electron chi connectivity index (χ0n) is 12.6. The maximum Gasteiger partial charge on any atom is 0.418 e. The summed E-state index contributed by atoms with van der Waals surface area (Å²) in [5.74, 6) is 0.284. The van der Waals surface area contributed by atoms with E-state index in [4.69, 9.17) is 0 Å². The highest BCUT2D eigenvalue weighted by Crippen LogP contribution is 2.30. The van der Waals surface area contributed by atoms with Gasteiger partial charge in [0.1, 0.15) is 5.01 Å². The Morgan fingerprint density at radius 2 is 2.00 bits per heavy atom. The van der Waals surface area contributed by atoms with Gasteiger partial charge in [0.25, 0.3) is 0 Å². The number of hydrogen-bond acceptors (Lipinski definition) is 7. The molecule has 0 amide bonds. The largest absolute Gasteiger partial charge is 0.464 e. The highest BCUT2D eigenvalue weighted by molar-refractivity contribution is 7.18. The first-order valence-corrected chi connectivity index (χ1v) is 8.39. The number of anilines is 2. The number of nitrogens with one attached hydrogen (secondary N) is 1. The van der Waals surface area contributed by atoms with Gasteiger partial charge in [-0.15, -0.1) is 10.2 Å². The van der Waals surface area contributed by atoms with Gasteiger partial charge >= 0.3 is 6.09 Å². The van der Waals surface area contributed by atoms with E-state index in [-0.39, 0.29) is 5.95 Å². The summed E-state index contributed by atoms with van der Waals surface area (Å²) in [5.41, 5.74) is 2.54. The van der Waals surface area contributed by atoms with E-state index in [2.05, 4.69) is 25.5 Å². The molecule has 0 aromatic carbocycles. The van der Waals surface area contributed by atoms with Crippen LogP contribution >= 0.6 is 11.3 Å². The predicted octanol–water partition coefficient (Wildman–Crippen LogP) is 2.95. The van der Waals surface area contributed by atoms with Crippen molar-refractivity contribution in [3.8, 4) is 10.6 Å². The van der Waals surface area contributed by atoms with E-state index in [0.29, 0.717) is 5.13 Å². The minimum absolute atomic E-state index is 0.284. The lowest BCUT2D eigenvalue weighted by molar-refractivity contribution is 0.196. The van der Waals surface area contributed by atoms with Crippen molar-refractivity contribution in [2.45, 2.75) is 25.7 Å². The molecule has 122 valence electrons. The molecule has 0 bridgehead atoms. The number of hydrogen-bond donors (Lipinski definition) is 2. The van der Waals surface area contributed by atoms with Crippen LogP contribution in [0.2, 0.25) is 0 Å². The number of aromatic nitrogens is 5. The molecule has 24 heavy (non-hydrogen) atoms. The van der Waals surface area contributed by atoms with E-state index in [1.54, 1.807) is 12.4 Å². The van der Waals surface area contributed by atoms with E-state index in [1.807, 2.05) is 12.1 Å². The SMILES string of the molecule is O=C(O)n1c(Nc2nnc(-c3ccncc3)s2)nc2c1CCCC2. The molecule has 0 spiro atoms. The Bertz CT molecular complexity index is 889. The Kier molecular flexibility index (Phi) is 3.69. The minimum Gasteiger partial charge on any atom is -0.464 e. The summed E-state index contributed by atoms with van der Waals surface area (Å²) in [5, 5.41) is 22.0. The van der Waals surface area contributed by atoms with Gasteiger partial charge in [-0.25, -0.2) is 14.3 Å². The summed E-state index contributed by atoms with van der Waals surface area (Å²) in [6.45, 7) is 0. The van der Waals surface area contributed by atoms with Crippen LogP contribution in [0.5, 0.6) is 0 Å². The number of pyridine rings is 1. The van der Waals surface area contributed by atoms with Gasteiger partial charge in [0.2, 0.25) is 11.1 Å². The number of fused-ring (bicyclic) bond motifs is 1. The van der Waals surface area contributed by atoms with E-state index >= 15 is 0 Å². The molecule has 1 aliphatic rings. The van der Waals surface area contributed by atoms with Crippen LogP contribution in [-0.4, -0.2) is 35.9 Å². The van der Waals surface area contributed by atoms with E-state index in [9.17, 15) is 9.90 Å². The second kappa shape index (κ2) is 6.00. The van der Waals surface area contributed by atoms with Gasteiger partial charge in [0.15, 0.2) is 0 Å². The lowest BCUT2D eigenvalue weighted by atomic mass is 10.0. The van der Waals surface area contributed by atoms with Gasteiger partial charge < -0.3 is 5.11 Å². The molecule has 0 saturated carbocycles. The standard InChI is InChI=1S/C15H14N6O2S/c22-15(23)21-11-4-2-1-3-10(11)17-13(21)18-14-20-19-12(24-14)9-5-7-16-8-6-9/h5-8H,1-4H2,(H,22,23)(H,17,18,20). The molecule has 0 atom stereocenters. The van der Waals surface area contributed by atoms with Crippen LogP contribution in [0.1, 0.15) is 24.2 Å². The first-order valence-electron chi connectivity index (χ1n) is 7.57. The lowest BCUT2D eigenvalue weighted by Gasteiger charge is -2.11. The molecular formula is C15H14N6O2S. The Morgan fingerprint density at radius 3 is 2.79 bits per heavy atom. The first kappa shape index (κ1) is 14.8. The third kappa shape index (κ3) is 2.62. The molecule has 9 heteroatoms. The average molecular weight is 342 g/mol. The molecule has 3 heterocycles. The Hall–Kier alpha value is -2.81. The Morgan fingerprint density at radius 1 is 1.21 bits per heavy atom. The molecular weight excluding hydrogens is 328 g/mol. The number of nitrogens with zero attached hydrogens (tertiary/aromatic N) is 5. The highest BCUT2D eigenvalue weighted by atomic mass is 32.1. The third-order valence-corrected chi connectivity index (χ3v) is 4.78. The van der Waals surface area contributed by atoms with Crippen LogP contribution in [0.4, 0.5) is 15.9 Å². The third-order valence-electron chi connectivity index (χ3n) is 3.90. The van der Waals surface area contributed by atoms with Gasteiger partial charge in [0.05, 0.1) is 11.4 Å². The van der Waals surface area contributed by atoms with Crippen LogP contribution in [0.15, 0.2) is 24.5 Å². The van der Waals surface area contributed by atoms with Crippen molar-refractivity contribution in [2.24, 2.45) is 0 Å². The molecule has 1 aliphatic carbocycles. The number of rotatable bonds is 3. The topological polar surface area (TPSA) is 106 Å². The molecule has 0 aliphatic heterocycles. The monoisotopic (exact) mass is 342 g/mol. The zero-order chi connectivity index (χ0) is 16.5. The lowest BCUT2D eigenvalue weighted by Crippen LogP contribution is -2.16. The molecule has 0 saturated heterocycles. The second-order valence-corrected chi connectivity index (χ2v) is 6.40. The maximum absolute atomic E-state index is 11.6. The Labute approximate surface area is 141 Å². The van der Waals surface area contributed by atoms with E-state index in [1.165, 1.54) is 15.9 Å². The van der Waals surface area contributed by atoms with Gasteiger partial charge in [-0.05, 0) is 37.8 Å². The van der Waals surface area contributed by atoms with Crippen LogP contribution in [0, 0.1) is 0 Å². The van der Waals surface area contributed by atoms with Gasteiger partial charge in [-0.3, -0.25) is 10.3 Å². The number of imidazole rings is 1. The molecule has 2 N–H and O–H groups in total. The van der Waals surface area contributed by atoms with Crippen molar-refractivity contribution < 1.29 is 9.90 Å². The maximum atomic E-state index is 11.6. The Balaban J connectivity index is 1.65. The fraction of sp³-hybridized carbons (Fsp3) is 0.267. The fourth-order valence-corrected chi connectivity index (χ4v) is 3.55. The summed E-state index contributed by atoms with van der Waals surface area (Å²) in [7, 11) is 0. The molecule has 3 aromatic rings. The summed E-state index contributed by atoms with van der Waals surface area (Å²) in [6.07, 6.45) is 5.90. The first-order chi connectivity index (χ1) is 11.7. The quantitative estimate of drug-likeness (QED) is 0.753. The number of carboxylic acid groups (broad SMARTS) is 1. The number of carbonyl (C=O) groups is 1. The summed E-state index contributed by atoms with van der Waals surface area (Å²) in [6, 6.07) is 3.70. The average Bonchev–Trinajstić information content (AvgIpc) is 3.20. The second-order valence-electron chi connectivity index (χ2n) is 5.43. The highest BCUT2D eigenvalue weighted by Gasteiger charge is 2.24. The molecule has 4 rings (SSSR count). The van der Waals surface area contributed by atoms with Crippen LogP contribution < -0.4 is 5.32 Å². The summed E-state index contributed by atoms with van der Waals surface area (Å²) >= 11 is 1.34.